The number of nitrogens with two attached hydrogens (primary N) is 2. The molecule has 0 aromatic carbocycles. The Labute approximate surface area is 88.2 Å². The number of hydrogen-bond donors (Lipinski definition) is 4. The molecule has 6 N–H and O–H groups in total. The lowest BCUT2D eigenvalue weighted by Crippen LogP contribution is -2.07. The van der Waals surface area contributed by atoms with Crippen molar-refractivity contribution >= 4 is 22.0 Å². The van der Waals surface area contributed by atoms with Crippen molar-refractivity contribution < 1.29 is 27.1 Å². The molecule has 0 rings (SSSR count). The van der Waals surface area contributed by atoms with Crippen molar-refractivity contribution in [3.8, 4) is 0 Å². The minimum Gasteiger partial charge on any atom is -0.324 e. The zero-order valence-electron chi connectivity index (χ0n) is 8.50. The molecule has 9 heteroatoms. The van der Waals surface area contributed by atoms with Crippen molar-refractivity contribution in [2.45, 2.75) is 13.8 Å². The van der Waals surface area contributed by atoms with Crippen LogP contribution >= 0.6 is 0 Å². The van der Waals surface area contributed by atoms with E-state index < -0.39 is 10.4 Å². The first-order valence-electron chi connectivity index (χ1n) is 3.63. The summed E-state index contributed by atoms with van der Waals surface area (Å²) in [4.78, 5) is 19.4. The lowest BCUT2D eigenvalue weighted by atomic mass is 10.5. The molecule has 0 fully saturated rings. The summed E-state index contributed by atoms with van der Waals surface area (Å²) in [5.41, 5.74) is 9.64. The molecule has 0 saturated heterocycles. The Morgan fingerprint density at radius 3 is 1.07 bits per heavy atom. The quantitative estimate of drug-likeness (QED) is 0.423. The third kappa shape index (κ3) is 166. The van der Waals surface area contributed by atoms with Gasteiger partial charge in [-0.25, -0.2) is 0 Å². The molecule has 15 heavy (non-hydrogen) atoms. The lowest BCUT2D eigenvalue weighted by molar-refractivity contribution is -0.116. The van der Waals surface area contributed by atoms with Crippen molar-refractivity contribution in [1.82, 2.24) is 0 Å². The van der Waals surface area contributed by atoms with Crippen LogP contribution in [-0.4, -0.2) is 42.2 Å². The van der Waals surface area contributed by atoms with Gasteiger partial charge in [0, 0.05) is 0 Å². The zero-order chi connectivity index (χ0) is 13.1. The molecule has 0 amide bonds. The van der Waals surface area contributed by atoms with Crippen LogP contribution in [0.1, 0.15) is 13.8 Å². The van der Waals surface area contributed by atoms with Crippen LogP contribution in [0.15, 0.2) is 0 Å². The number of ketones is 2. The van der Waals surface area contributed by atoms with E-state index >= 15 is 0 Å². The van der Waals surface area contributed by atoms with Crippen LogP contribution in [0.4, 0.5) is 0 Å². The molecular weight excluding hydrogens is 228 g/mol. The van der Waals surface area contributed by atoms with Gasteiger partial charge in [0.2, 0.25) is 0 Å². The summed E-state index contributed by atoms with van der Waals surface area (Å²) < 4.78 is 31.6. The van der Waals surface area contributed by atoms with E-state index in [1.165, 1.54) is 13.8 Å². The molecule has 0 aliphatic carbocycles. The maximum atomic E-state index is 9.69. The molecule has 0 atom stereocenters. The van der Waals surface area contributed by atoms with Gasteiger partial charge < -0.3 is 11.5 Å². The molecule has 0 spiro atoms. The maximum Gasteiger partial charge on any atom is 0.394 e. The van der Waals surface area contributed by atoms with E-state index in [2.05, 4.69) is 0 Å². The minimum atomic E-state index is -4.67. The number of carbonyl (C=O) groups excluding carboxylic acids is 2. The summed E-state index contributed by atoms with van der Waals surface area (Å²) in [6.45, 7) is 3.25. The van der Waals surface area contributed by atoms with Crippen LogP contribution in [-0.2, 0) is 20.0 Å². The van der Waals surface area contributed by atoms with Crippen LogP contribution in [0, 0.1) is 0 Å². The Balaban J connectivity index is -0.000000144. The molecule has 0 saturated carbocycles. The second kappa shape index (κ2) is 11.2. The second-order valence-electron chi connectivity index (χ2n) is 2.26. The summed E-state index contributed by atoms with van der Waals surface area (Å²) in [5, 5.41) is 0. The van der Waals surface area contributed by atoms with Gasteiger partial charge in [-0.1, -0.05) is 0 Å². The number of hydrogen-bond acceptors (Lipinski definition) is 6. The Hall–Kier alpha value is -0.870. The molecule has 92 valence electrons. The first-order valence-corrected chi connectivity index (χ1v) is 5.03. The fraction of sp³-hybridized carbons (Fsp3) is 0.667. The van der Waals surface area contributed by atoms with Crippen LogP contribution in [0.2, 0.25) is 0 Å². The van der Waals surface area contributed by atoms with Gasteiger partial charge in [0.25, 0.3) is 0 Å². The normalized spacial score (nSPS) is 8.93. The molecule has 0 aliphatic heterocycles. The van der Waals surface area contributed by atoms with E-state index in [-0.39, 0.29) is 24.7 Å². The highest BCUT2D eigenvalue weighted by molar-refractivity contribution is 7.79. The molecule has 0 radical (unpaired) electrons. The molecule has 0 unspecified atom stereocenters. The van der Waals surface area contributed by atoms with Crippen molar-refractivity contribution in [1.29, 1.82) is 0 Å². The van der Waals surface area contributed by atoms with E-state index in [0.29, 0.717) is 0 Å². The Morgan fingerprint density at radius 1 is 1.00 bits per heavy atom. The van der Waals surface area contributed by atoms with E-state index in [9.17, 15) is 9.59 Å². The standard InChI is InChI=1S/2C3H7NO.H2O4S/c2*1-3(5)2-4;1-5(2,3)4/h2*2,4H2,1H3;(H2,1,2,3,4). The zero-order valence-corrected chi connectivity index (χ0v) is 9.32. The molecule has 0 bridgehead atoms. The average molecular weight is 244 g/mol. The molecular formula is C6H16N2O6S. The highest BCUT2D eigenvalue weighted by atomic mass is 32.3. The van der Waals surface area contributed by atoms with Crippen molar-refractivity contribution in [2.75, 3.05) is 13.1 Å². The van der Waals surface area contributed by atoms with Crippen LogP contribution in [0.5, 0.6) is 0 Å². The van der Waals surface area contributed by atoms with Crippen LogP contribution < -0.4 is 11.5 Å². The van der Waals surface area contributed by atoms with E-state index in [4.69, 9.17) is 29.0 Å². The van der Waals surface area contributed by atoms with E-state index in [1.54, 1.807) is 0 Å². The monoisotopic (exact) mass is 244 g/mol. The number of Topliss-reactive ketones (excluding diaryl/α,β-unsaturated/α-hetero) is 2. The SMILES string of the molecule is CC(=O)CN.CC(=O)CN.O=S(=O)(O)O. The van der Waals surface area contributed by atoms with Crippen LogP contribution in [0.3, 0.4) is 0 Å². The smallest absolute Gasteiger partial charge is 0.324 e. The summed E-state index contributed by atoms with van der Waals surface area (Å²) >= 11 is 0. The fourth-order valence-electron chi connectivity index (χ4n) is 0. The van der Waals surface area contributed by atoms with Gasteiger partial charge in [-0.15, -0.1) is 0 Å². The van der Waals surface area contributed by atoms with Gasteiger partial charge in [-0.3, -0.25) is 18.7 Å². The second-order valence-corrected chi connectivity index (χ2v) is 3.16. The van der Waals surface area contributed by atoms with Crippen molar-refractivity contribution in [3.05, 3.63) is 0 Å². The third-order valence-corrected chi connectivity index (χ3v) is 0.575. The van der Waals surface area contributed by atoms with Crippen LogP contribution in [0.25, 0.3) is 0 Å². The largest absolute Gasteiger partial charge is 0.394 e. The van der Waals surface area contributed by atoms with Gasteiger partial charge in [0.15, 0.2) is 0 Å². The summed E-state index contributed by atoms with van der Waals surface area (Å²) in [6.07, 6.45) is 0. The Kier molecular flexibility index (Phi) is 14.7. The minimum absolute atomic E-state index is 0.0324. The van der Waals surface area contributed by atoms with Crippen molar-refractivity contribution in [2.24, 2.45) is 11.5 Å². The Morgan fingerprint density at radius 2 is 1.07 bits per heavy atom. The summed E-state index contributed by atoms with van der Waals surface area (Å²) in [7, 11) is -4.67. The molecule has 0 heterocycles. The molecule has 0 aromatic rings. The summed E-state index contributed by atoms with van der Waals surface area (Å²) in [5.74, 6) is 0.0648. The first-order chi connectivity index (χ1) is 6.54. The predicted octanol–water partition coefficient (Wildman–Crippen LogP) is -1.58. The van der Waals surface area contributed by atoms with Gasteiger partial charge >= 0.3 is 10.4 Å². The highest BCUT2D eigenvalue weighted by Gasteiger charge is 1.84. The van der Waals surface area contributed by atoms with E-state index in [1.807, 2.05) is 0 Å². The lowest BCUT2D eigenvalue weighted by Gasteiger charge is -1.73. The first kappa shape index (κ1) is 19.7. The predicted molar refractivity (Wildman–Crippen MR) is 53.6 cm³/mol. The van der Waals surface area contributed by atoms with Gasteiger partial charge in [0.1, 0.15) is 11.6 Å². The fourth-order valence-corrected chi connectivity index (χ4v) is 0. The van der Waals surface area contributed by atoms with Gasteiger partial charge in [0.05, 0.1) is 13.1 Å². The Bertz CT molecular complexity index is 251. The number of carbonyl (C=O) groups is 2. The highest BCUT2D eigenvalue weighted by Crippen LogP contribution is 1.59. The topological polar surface area (TPSA) is 161 Å². The molecule has 0 aliphatic rings. The van der Waals surface area contributed by atoms with Gasteiger partial charge in [-0.05, 0) is 13.8 Å². The van der Waals surface area contributed by atoms with E-state index in [0.717, 1.165) is 0 Å². The molecule has 8 nitrogen and oxygen atoms in total. The third-order valence-electron chi connectivity index (χ3n) is 0.575. The maximum absolute atomic E-state index is 9.69. The molecule has 0 aromatic heterocycles. The summed E-state index contributed by atoms with van der Waals surface area (Å²) in [6, 6.07) is 0. The van der Waals surface area contributed by atoms with Gasteiger partial charge in [-0.2, -0.15) is 8.42 Å². The average Bonchev–Trinajstić information content (AvgIpc) is 2.02. The van der Waals surface area contributed by atoms with Crippen molar-refractivity contribution in [3.63, 3.8) is 0 Å². The number of rotatable bonds is 2.